The summed E-state index contributed by atoms with van der Waals surface area (Å²) < 4.78 is 32.2. The first-order valence-corrected chi connectivity index (χ1v) is 14.3. The molecule has 1 fully saturated rings. The van der Waals surface area contributed by atoms with Gasteiger partial charge in [0, 0.05) is 71.8 Å². The predicted octanol–water partition coefficient (Wildman–Crippen LogP) is 4.85. The van der Waals surface area contributed by atoms with Crippen LogP contribution in [0.1, 0.15) is 11.6 Å². The summed E-state index contributed by atoms with van der Waals surface area (Å²) in [4.78, 5) is 30.5. The lowest BCUT2D eigenvalue weighted by atomic mass is 9.99. The van der Waals surface area contributed by atoms with Crippen molar-refractivity contribution < 1.29 is 13.6 Å². The van der Waals surface area contributed by atoms with E-state index in [2.05, 4.69) is 17.7 Å². The molecule has 208 valence electrons. The predicted molar refractivity (Wildman–Crippen MR) is 154 cm³/mol. The Hall–Kier alpha value is -4.14. The molecule has 1 amide bonds. The Morgan fingerprint density at radius 2 is 2.02 bits per heavy atom. The summed E-state index contributed by atoms with van der Waals surface area (Å²) in [5.41, 5.74) is 0.957. The standard InChI is InChI=1S/C29H23ClF2N6O2S/c1-2-24(39)35-8-10-36(11-9-35)26-20-13-22(30)25(19-5-4-17(31)12-23(19)32)28-27(20)38(29(40)21(26)14-33)18(16-41-28)15-37-7-3-6-34-37/h2-7,12-13,18H,1,8-11,15-16H2. The fourth-order valence-corrected chi connectivity index (χ4v) is 7.33. The van der Waals surface area contributed by atoms with Gasteiger partial charge in [-0.2, -0.15) is 10.4 Å². The fourth-order valence-electron chi connectivity index (χ4n) is 5.65. The average Bonchev–Trinajstić information content (AvgIpc) is 3.48. The number of hydrogen-bond acceptors (Lipinski definition) is 6. The van der Waals surface area contributed by atoms with Crippen molar-refractivity contribution in [1.29, 1.82) is 5.26 Å². The van der Waals surface area contributed by atoms with Gasteiger partial charge in [-0.25, -0.2) is 8.78 Å². The van der Waals surface area contributed by atoms with Crippen molar-refractivity contribution in [2.24, 2.45) is 0 Å². The number of halogens is 3. The van der Waals surface area contributed by atoms with Gasteiger partial charge < -0.3 is 14.4 Å². The molecule has 0 bridgehead atoms. The Bertz CT molecular complexity index is 1810. The smallest absolute Gasteiger partial charge is 0.271 e. The maximum absolute atomic E-state index is 15.1. The average molecular weight is 593 g/mol. The van der Waals surface area contributed by atoms with Crippen molar-refractivity contribution in [2.45, 2.75) is 17.5 Å². The van der Waals surface area contributed by atoms with Gasteiger partial charge >= 0.3 is 0 Å². The van der Waals surface area contributed by atoms with E-state index in [-0.39, 0.29) is 28.1 Å². The molecular weight excluding hydrogens is 570 g/mol. The second-order valence-electron chi connectivity index (χ2n) is 9.80. The first kappa shape index (κ1) is 27.1. The van der Waals surface area contributed by atoms with Gasteiger partial charge in [-0.05, 0) is 30.3 Å². The largest absolute Gasteiger partial charge is 0.366 e. The Labute approximate surface area is 243 Å². The number of rotatable bonds is 5. The van der Waals surface area contributed by atoms with E-state index < -0.39 is 17.2 Å². The summed E-state index contributed by atoms with van der Waals surface area (Å²) >= 11 is 8.28. The van der Waals surface area contributed by atoms with E-state index in [1.165, 1.54) is 30.0 Å². The van der Waals surface area contributed by atoms with Gasteiger partial charge in [0.2, 0.25) is 5.91 Å². The number of carbonyl (C=O) groups excluding carboxylic acids is 1. The molecule has 6 rings (SSSR count). The van der Waals surface area contributed by atoms with Gasteiger partial charge in [0.05, 0.1) is 28.8 Å². The number of aromatic nitrogens is 3. The van der Waals surface area contributed by atoms with Crippen LogP contribution in [-0.4, -0.2) is 57.1 Å². The minimum absolute atomic E-state index is 0.0268. The van der Waals surface area contributed by atoms with Gasteiger partial charge in [-0.1, -0.05) is 18.2 Å². The molecular formula is C29H23ClF2N6O2S. The first-order valence-electron chi connectivity index (χ1n) is 12.9. The van der Waals surface area contributed by atoms with Crippen LogP contribution in [0.25, 0.3) is 22.0 Å². The fraction of sp³-hybridized carbons (Fsp3) is 0.241. The van der Waals surface area contributed by atoms with Crippen molar-refractivity contribution in [3.8, 4) is 17.2 Å². The zero-order valence-electron chi connectivity index (χ0n) is 21.7. The highest BCUT2D eigenvalue weighted by Gasteiger charge is 2.34. The topological polar surface area (TPSA) is 87.2 Å². The van der Waals surface area contributed by atoms with E-state index in [0.717, 1.165) is 6.07 Å². The van der Waals surface area contributed by atoms with Crippen molar-refractivity contribution in [2.75, 3.05) is 36.8 Å². The van der Waals surface area contributed by atoms with E-state index in [1.54, 1.807) is 38.7 Å². The van der Waals surface area contributed by atoms with Crippen LogP contribution < -0.4 is 10.5 Å². The summed E-state index contributed by atoms with van der Waals surface area (Å²) in [6, 6.07) is 8.53. The van der Waals surface area contributed by atoms with E-state index in [9.17, 15) is 19.2 Å². The Morgan fingerprint density at radius 3 is 2.68 bits per heavy atom. The number of nitriles is 1. The SMILES string of the molecule is C=CC(=O)N1CCN(c2c(C#N)c(=O)n3c4c(c(-c5ccc(F)cc5F)c(Cl)cc24)SCC3Cn2cccn2)CC1. The van der Waals surface area contributed by atoms with E-state index >= 15 is 4.39 Å². The monoisotopic (exact) mass is 592 g/mol. The Morgan fingerprint density at radius 1 is 1.24 bits per heavy atom. The number of benzene rings is 2. The third-order valence-corrected chi connectivity index (χ3v) is 9.04. The lowest BCUT2D eigenvalue weighted by molar-refractivity contribution is -0.126. The maximum atomic E-state index is 15.1. The Balaban J connectivity index is 1.62. The van der Waals surface area contributed by atoms with Crippen molar-refractivity contribution >= 4 is 45.9 Å². The lowest BCUT2D eigenvalue weighted by Crippen LogP contribution is -2.49. The zero-order valence-corrected chi connectivity index (χ0v) is 23.3. The second-order valence-corrected chi connectivity index (χ2v) is 11.2. The zero-order chi connectivity index (χ0) is 28.8. The summed E-state index contributed by atoms with van der Waals surface area (Å²) in [7, 11) is 0. The molecule has 41 heavy (non-hydrogen) atoms. The normalized spacial score (nSPS) is 16.6. The Kier molecular flexibility index (Phi) is 7.05. The van der Waals surface area contributed by atoms with Crippen LogP contribution in [0.2, 0.25) is 5.02 Å². The molecule has 2 aromatic carbocycles. The number of piperazine rings is 1. The van der Waals surface area contributed by atoms with Crippen LogP contribution in [0.4, 0.5) is 14.5 Å². The van der Waals surface area contributed by atoms with Crippen LogP contribution >= 0.6 is 23.4 Å². The number of amides is 1. The van der Waals surface area contributed by atoms with Gasteiger partial charge in [-0.3, -0.25) is 14.3 Å². The number of anilines is 1. The molecule has 4 heterocycles. The molecule has 1 saturated heterocycles. The molecule has 4 aromatic rings. The van der Waals surface area contributed by atoms with Crippen molar-refractivity contribution in [3.05, 3.63) is 88.0 Å². The van der Waals surface area contributed by atoms with Gasteiger partial charge in [0.15, 0.2) is 0 Å². The highest BCUT2D eigenvalue weighted by molar-refractivity contribution is 7.99. The molecule has 12 heteroatoms. The third-order valence-electron chi connectivity index (χ3n) is 7.51. The minimum atomic E-state index is -0.771. The molecule has 0 N–H and O–H groups in total. The van der Waals surface area contributed by atoms with Gasteiger partial charge in [-0.15, -0.1) is 11.8 Å². The molecule has 0 radical (unpaired) electrons. The van der Waals surface area contributed by atoms with Gasteiger partial charge in [0.25, 0.3) is 5.56 Å². The number of carbonyl (C=O) groups is 1. The van der Waals surface area contributed by atoms with Crippen molar-refractivity contribution in [3.63, 3.8) is 0 Å². The summed E-state index contributed by atoms with van der Waals surface area (Å²) in [6.07, 6.45) is 4.71. The number of pyridine rings is 1. The molecule has 2 aliphatic rings. The van der Waals surface area contributed by atoms with Crippen LogP contribution in [-0.2, 0) is 11.3 Å². The van der Waals surface area contributed by atoms with Crippen LogP contribution in [0, 0.1) is 23.0 Å². The highest BCUT2D eigenvalue weighted by atomic mass is 35.5. The van der Waals surface area contributed by atoms with Crippen molar-refractivity contribution in [1.82, 2.24) is 19.2 Å². The number of hydrogen-bond donors (Lipinski definition) is 0. The molecule has 0 saturated carbocycles. The van der Waals surface area contributed by atoms with Crippen LogP contribution in [0.3, 0.4) is 0 Å². The number of thioether (sulfide) groups is 1. The minimum Gasteiger partial charge on any atom is -0.366 e. The van der Waals surface area contributed by atoms with E-state index in [4.69, 9.17) is 11.6 Å². The van der Waals surface area contributed by atoms with Crippen LogP contribution in [0.15, 0.2) is 65.1 Å². The molecule has 0 aliphatic carbocycles. The van der Waals surface area contributed by atoms with Gasteiger partial charge in [0.1, 0.15) is 23.3 Å². The number of nitrogens with zero attached hydrogens (tertiary/aromatic N) is 6. The molecule has 1 atom stereocenters. The molecule has 2 aliphatic heterocycles. The maximum Gasteiger partial charge on any atom is 0.271 e. The summed E-state index contributed by atoms with van der Waals surface area (Å²) in [5, 5.41) is 15.4. The lowest BCUT2D eigenvalue weighted by Gasteiger charge is -2.38. The van der Waals surface area contributed by atoms with Crippen LogP contribution in [0.5, 0.6) is 0 Å². The molecule has 0 spiro atoms. The summed E-state index contributed by atoms with van der Waals surface area (Å²) in [6.45, 7) is 5.48. The quantitative estimate of drug-likeness (QED) is 0.308. The highest BCUT2D eigenvalue weighted by Crippen LogP contribution is 2.49. The third kappa shape index (κ3) is 4.57. The van der Waals surface area contributed by atoms with E-state index in [0.29, 0.717) is 65.5 Å². The first-order chi connectivity index (χ1) is 19.8. The molecule has 8 nitrogen and oxygen atoms in total. The molecule has 2 aromatic heterocycles. The molecule has 1 unspecified atom stereocenters. The second kappa shape index (κ2) is 10.7. The summed E-state index contributed by atoms with van der Waals surface area (Å²) in [5.74, 6) is -1.23. The van der Waals surface area contributed by atoms with E-state index in [1.807, 2.05) is 4.90 Å².